The standard InChI is InChI=1S/C12H13N5O2/c13-12-15-10-5-8(11(18)19)9(6-17(10)16-12)7-1-3-14-4-2-7/h1-4,8-9H,5-6H2,(H2,13,16)(H,18,19). The van der Waals surface area contributed by atoms with Gasteiger partial charge in [-0.15, -0.1) is 5.10 Å². The minimum Gasteiger partial charge on any atom is -0.481 e. The van der Waals surface area contributed by atoms with Crippen LogP contribution in [0, 0.1) is 5.92 Å². The molecule has 3 heterocycles. The van der Waals surface area contributed by atoms with Gasteiger partial charge in [0.2, 0.25) is 5.95 Å². The van der Waals surface area contributed by atoms with E-state index in [2.05, 4.69) is 15.1 Å². The fourth-order valence-electron chi connectivity index (χ4n) is 2.55. The van der Waals surface area contributed by atoms with Crippen LogP contribution in [-0.2, 0) is 17.8 Å². The highest BCUT2D eigenvalue weighted by molar-refractivity contribution is 5.72. The number of carboxylic acid groups (broad SMARTS) is 1. The summed E-state index contributed by atoms with van der Waals surface area (Å²) < 4.78 is 1.69. The third kappa shape index (κ3) is 2.03. The number of hydrogen-bond acceptors (Lipinski definition) is 5. The van der Waals surface area contributed by atoms with Gasteiger partial charge in [-0.3, -0.25) is 9.78 Å². The molecule has 7 heteroatoms. The summed E-state index contributed by atoms with van der Waals surface area (Å²) in [5.41, 5.74) is 6.51. The number of nitrogens with two attached hydrogens (primary N) is 1. The molecule has 1 aliphatic heterocycles. The lowest BCUT2D eigenvalue weighted by molar-refractivity contribution is -0.143. The van der Waals surface area contributed by atoms with Gasteiger partial charge in [-0.05, 0) is 17.7 Å². The highest BCUT2D eigenvalue weighted by atomic mass is 16.4. The Hall–Kier alpha value is -2.44. The SMILES string of the molecule is Nc1nc2n(n1)CC(c1ccncc1)C(C(=O)O)C2. The second kappa shape index (κ2) is 4.34. The van der Waals surface area contributed by atoms with E-state index in [1.54, 1.807) is 17.1 Å². The fourth-order valence-corrected chi connectivity index (χ4v) is 2.55. The van der Waals surface area contributed by atoms with Gasteiger partial charge in [0.15, 0.2) is 0 Å². The largest absolute Gasteiger partial charge is 0.481 e. The molecule has 7 nitrogen and oxygen atoms in total. The zero-order valence-electron chi connectivity index (χ0n) is 10.1. The van der Waals surface area contributed by atoms with Crippen molar-refractivity contribution in [2.24, 2.45) is 5.92 Å². The van der Waals surface area contributed by atoms with Gasteiger partial charge in [0, 0.05) is 24.7 Å². The Balaban J connectivity index is 2.01. The Morgan fingerprint density at radius 1 is 1.42 bits per heavy atom. The smallest absolute Gasteiger partial charge is 0.307 e. The van der Waals surface area contributed by atoms with Crippen molar-refractivity contribution in [2.75, 3.05) is 5.73 Å². The number of carbonyl (C=O) groups is 1. The van der Waals surface area contributed by atoms with E-state index in [9.17, 15) is 9.90 Å². The van der Waals surface area contributed by atoms with Gasteiger partial charge in [-0.1, -0.05) is 0 Å². The first-order valence-corrected chi connectivity index (χ1v) is 5.97. The number of pyridine rings is 1. The highest BCUT2D eigenvalue weighted by Gasteiger charge is 2.36. The molecule has 0 amide bonds. The molecule has 3 N–H and O–H groups in total. The predicted octanol–water partition coefficient (Wildman–Crippen LogP) is 0.296. The quantitative estimate of drug-likeness (QED) is 0.803. The first-order valence-electron chi connectivity index (χ1n) is 5.97. The monoisotopic (exact) mass is 259 g/mol. The Kier molecular flexibility index (Phi) is 2.66. The molecule has 0 aromatic carbocycles. The maximum Gasteiger partial charge on any atom is 0.307 e. The number of hydrogen-bond donors (Lipinski definition) is 2. The van der Waals surface area contributed by atoms with Crippen molar-refractivity contribution in [3.8, 4) is 0 Å². The van der Waals surface area contributed by atoms with E-state index in [-0.39, 0.29) is 11.9 Å². The Morgan fingerprint density at radius 3 is 2.84 bits per heavy atom. The number of rotatable bonds is 2. The maximum absolute atomic E-state index is 11.5. The highest BCUT2D eigenvalue weighted by Crippen LogP contribution is 2.33. The van der Waals surface area contributed by atoms with Crippen LogP contribution in [0.5, 0.6) is 0 Å². The number of aromatic nitrogens is 4. The second-order valence-electron chi connectivity index (χ2n) is 4.60. The van der Waals surface area contributed by atoms with Crippen molar-refractivity contribution in [3.63, 3.8) is 0 Å². The zero-order valence-corrected chi connectivity index (χ0v) is 10.1. The number of nitrogens with zero attached hydrogens (tertiary/aromatic N) is 4. The number of aliphatic carboxylic acids is 1. The average Bonchev–Trinajstić information content (AvgIpc) is 2.77. The molecule has 0 radical (unpaired) electrons. The third-order valence-corrected chi connectivity index (χ3v) is 3.47. The predicted molar refractivity (Wildman–Crippen MR) is 66.2 cm³/mol. The second-order valence-corrected chi connectivity index (χ2v) is 4.60. The summed E-state index contributed by atoms with van der Waals surface area (Å²) in [5.74, 6) is -0.660. The van der Waals surface area contributed by atoms with Gasteiger partial charge in [0.1, 0.15) is 5.82 Å². The van der Waals surface area contributed by atoms with Crippen LogP contribution in [0.2, 0.25) is 0 Å². The molecule has 3 rings (SSSR count). The molecule has 1 aliphatic rings. The van der Waals surface area contributed by atoms with Crippen LogP contribution in [0.25, 0.3) is 0 Å². The number of anilines is 1. The summed E-state index contributed by atoms with van der Waals surface area (Å²) >= 11 is 0. The molecule has 0 spiro atoms. The van der Waals surface area contributed by atoms with Crippen LogP contribution in [0.1, 0.15) is 17.3 Å². The van der Waals surface area contributed by atoms with Crippen LogP contribution in [0.4, 0.5) is 5.95 Å². The molecule has 0 saturated heterocycles. The van der Waals surface area contributed by atoms with Gasteiger partial charge in [0.05, 0.1) is 12.5 Å². The fraction of sp³-hybridized carbons (Fsp3) is 0.333. The van der Waals surface area contributed by atoms with Crippen LogP contribution >= 0.6 is 0 Å². The van der Waals surface area contributed by atoms with Crippen LogP contribution in [0.15, 0.2) is 24.5 Å². The van der Waals surface area contributed by atoms with Crippen molar-refractivity contribution >= 4 is 11.9 Å². The molecule has 0 bridgehead atoms. The lowest BCUT2D eigenvalue weighted by Crippen LogP contribution is -2.33. The minimum absolute atomic E-state index is 0.144. The topological polar surface area (TPSA) is 107 Å². The normalized spacial score (nSPS) is 21.9. The van der Waals surface area contributed by atoms with Crippen LogP contribution in [0.3, 0.4) is 0 Å². The van der Waals surface area contributed by atoms with E-state index in [1.807, 2.05) is 12.1 Å². The van der Waals surface area contributed by atoms with E-state index in [1.165, 1.54) is 0 Å². The number of carboxylic acids is 1. The summed E-state index contributed by atoms with van der Waals surface area (Å²) in [4.78, 5) is 19.5. The summed E-state index contributed by atoms with van der Waals surface area (Å²) in [7, 11) is 0. The molecule has 2 unspecified atom stereocenters. The van der Waals surface area contributed by atoms with E-state index >= 15 is 0 Å². The molecule has 0 fully saturated rings. The van der Waals surface area contributed by atoms with Crippen molar-refractivity contribution in [1.29, 1.82) is 0 Å². The van der Waals surface area contributed by atoms with Gasteiger partial charge >= 0.3 is 5.97 Å². The molecular weight excluding hydrogens is 246 g/mol. The van der Waals surface area contributed by atoms with Gasteiger partial charge in [-0.25, -0.2) is 4.68 Å². The molecular formula is C12H13N5O2. The van der Waals surface area contributed by atoms with Crippen LogP contribution in [-0.4, -0.2) is 30.8 Å². The number of fused-ring (bicyclic) bond motifs is 1. The van der Waals surface area contributed by atoms with Crippen molar-refractivity contribution in [1.82, 2.24) is 19.7 Å². The van der Waals surface area contributed by atoms with Gasteiger partial charge in [-0.2, -0.15) is 4.98 Å². The number of nitrogen functional groups attached to an aromatic ring is 1. The van der Waals surface area contributed by atoms with E-state index in [0.29, 0.717) is 18.8 Å². The van der Waals surface area contributed by atoms with Crippen LogP contribution < -0.4 is 5.73 Å². The van der Waals surface area contributed by atoms with Crippen molar-refractivity contribution in [3.05, 3.63) is 35.9 Å². The lowest BCUT2D eigenvalue weighted by atomic mass is 9.82. The Labute approximate surface area is 109 Å². The van der Waals surface area contributed by atoms with Crippen molar-refractivity contribution in [2.45, 2.75) is 18.9 Å². The first kappa shape index (κ1) is 11.6. The molecule has 0 aliphatic carbocycles. The maximum atomic E-state index is 11.5. The summed E-state index contributed by atoms with van der Waals surface area (Å²) in [6.07, 6.45) is 3.67. The first-order chi connectivity index (χ1) is 9.15. The summed E-state index contributed by atoms with van der Waals surface area (Å²) in [6, 6.07) is 3.68. The van der Waals surface area contributed by atoms with Gasteiger partial charge < -0.3 is 10.8 Å². The molecule has 2 atom stereocenters. The molecule has 19 heavy (non-hydrogen) atoms. The molecule has 2 aromatic rings. The van der Waals surface area contributed by atoms with Crippen molar-refractivity contribution < 1.29 is 9.90 Å². The third-order valence-electron chi connectivity index (χ3n) is 3.47. The van der Waals surface area contributed by atoms with E-state index in [4.69, 9.17) is 5.73 Å². The summed E-state index contributed by atoms with van der Waals surface area (Å²) in [6.45, 7) is 0.473. The zero-order chi connectivity index (χ0) is 13.4. The Morgan fingerprint density at radius 2 is 2.16 bits per heavy atom. The summed E-state index contributed by atoms with van der Waals surface area (Å²) in [5, 5.41) is 13.5. The molecule has 2 aromatic heterocycles. The van der Waals surface area contributed by atoms with Gasteiger partial charge in [0.25, 0.3) is 0 Å². The van der Waals surface area contributed by atoms with E-state index in [0.717, 1.165) is 5.56 Å². The van der Waals surface area contributed by atoms with E-state index < -0.39 is 11.9 Å². The molecule has 0 saturated carbocycles. The molecule has 98 valence electrons. The lowest BCUT2D eigenvalue weighted by Gasteiger charge is -2.28. The Bertz CT molecular complexity index is 610. The average molecular weight is 259 g/mol. The minimum atomic E-state index is -0.824.